The number of hydrogen-bond acceptors (Lipinski definition) is 5. The van der Waals surface area contributed by atoms with Crippen LogP contribution in [0.4, 0.5) is 0 Å². The van der Waals surface area contributed by atoms with E-state index in [2.05, 4.69) is 26.0 Å². The number of rotatable bonds is 2. The van der Waals surface area contributed by atoms with Crippen LogP contribution in [0, 0.1) is 39.0 Å². The number of nitrogens with zero attached hydrogens (tertiary/aromatic N) is 4. The van der Waals surface area contributed by atoms with Crippen LogP contribution in [0.1, 0.15) is 28.2 Å². The van der Waals surface area contributed by atoms with E-state index in [1.165, 1.54) is 0 Å². The Labute approximate surface area is 172 Å². The number of aromatic hydroxyl groups is 1. The van der Waals surface area contributed by atoms with E-state index in [1.807, 2.05) is 33.8 Å². The molecule has 0 bridgehead atoms. The molecule has 0 spiro atoms. The van der Waals surface area contributed by atoms with Gasteiger partial charge in [-0.15, -0.1) is 0 Å². The summed E-state index contributed by atoms with van der Waals surface area (Å²) >= 11 is 6.73. The van der Waals surface area contributed by atoms with Crippen LogP contribution < -0.4 is 0 Å². The van der Waals surface area contributed by atoms with Gasteiger partial charge >= 0.3 is 0 Å². The maximum absolute atomic E-state index is 10.2. The number of benzene rings is 1. The van der Waals surface area contributed by atoms with Crippen LogP contribution in [0.25, 0.3) is 33.4 Å². The Morgan fingerprint density at radius 3 is 2.48 bits per heavy atom. The second-order valence-corrected chi connectivity index (χ2v) is 7.39. The van der Waals surface area contributed by atoms with E-state index in [0.29, 0.717) is 44.3 Å². The first-order valence-corrected chi connectivity index (χ1v) is 9.41. The average Bonchev–Trinajstić information content (AvgIpc) is 3.01. The molecule has 0 aliphatic rings. The number of aromatic amines is 1. The number of nitriles is 1. The maximum atomic E-state index is 10.2. The van der Waals surface area contributed by atoms with Crippen molar-refractivity contribution in [2.24, 2.45) is 0 Å². The minimum absolute atomic E-state index is 0.169. The van der Waals surface area contributed by atoms with Crippen molar-refractivity contribution in [2.45, 2.75) is 27.7 Å². The highest BCUT2D eigenvalue weighted by Crippen LogP contribution is 2.41. The van der Waals surface area contributed by atoms with E-state index in [-0.39, 0.29) is 5.75 Å². The monoisotopic (exact) mass is 403 g/mol. The third kappa shape index (κ3) is 2.91. The molecular weight excluding hydrogens is 386 g/mol. The molecule has 7 heteroatoms. The molecule has 0 aliphatic heterocycles. The van der Waals surface area contributed by atoms with Gasteiger partial charge in [-0.05, 0) is 50.5 Å². The number of nitrogens with one attached hydrogen (secondary N) is 1. The van der Waals surface area contributed by atoms with Crippen molar-refractivity contribution in [3.63, 3.8) is 0 Å². The highest BCUT2D eigenvalue weighted by molar-refractivity contribution is 6.39. The fraction of sp³-hybridized carbons (Fsp3) is 0.182. The molecule has 3 heterocycles. The van der Waals surface area contributed by atoms with Crippen LogP contribution in [0.5, 0.6) is 5.75 Å². The molecule has 0 unspecified atom stereocenters. The lowest BCUT2D eigenvalue weighted by Crippen LogP contribution is -1.94. The van der Waals surface area contributed by atoms with E-state index in [9.17, 15) is 10.4 Å². The Kier molecular flexibility index (Phi) is 4.48. The molecule has 0 radical (unpaired) electrons. The number of hydrogen-bond donors (Lipinski definition) is 2. The van der Waals surface area contributed by atoms with E-state index in [4.69, 9.17) is 11.6 Å². The van der Waals surface area contributed by atoms with Gasteiger partial charge in [0.15, 0.2) is 0 Å². The lowest BCUT2D eigenvalue weighted by molar-refractivity contribution is 0.471. The summed E-state index contributed by atoms with van der Waals surface area (Å²) in [6.45, 7) is 7.46. The molecule has 1 aromatic carbocycles. The summed E-state index contributed by atoms with van der Waals surface area (Å²) in [5, 5.41) is 21.1. The van der Waals surface area contributed by atoms with Crippen molar-refractivity contribution in [2.75, 3.05) is 0 Å². The summed E-state index contributed by atoms with van der Waals surface area (Å²) in [5.41, 5.74) is 6.14. The van der Waals surface area contributed by atoms with Crippen LogP contribution in [-0.2, 0) is 0 Å². The Balaban J connectivity index is 2.05. The lowest BCUT2D eigenvalue weighted by Gasteiger charge is -2.13. The summed E-state index contributed by atoms with van der Waals surface area (Å²) in [6, 6.07) is 5.75. The molecule has 29 heavy (non-hydrogen) atoms. The maximum Gasteiger partial charge on any atom is 0.140 e. The molecule has 6 nitrogen and oxygen atoms in total. The molecule has 0 saturated heterocycles. The number of halogens is 1. The van der Waals surface area contributed by atoms with Gasteiger partial charge in [0.2, 0.25) is 0 Å². The molecule has 0 amide bonds. The Morgan fingerprint density at radius 2 is 1.79 bits per heavy atom. The molecule has 2 N–H and O–H groups in total. The number of H-pyrrole nitrogens is 1. The SMILES string of the molecule is Cc1ncc(-c2[nH]c3ncc(-c4c(C)ccc(O)c4C)c(C#N)c3c2Cl)c(C)n1. The first-order chi connectivity index (χ1) is 13.8. The highest BCUT2D eigenvalue weighted by Gasteiger charge is 2.22. The molecule has 0 fully saturated rings. The molecular formula is C22H18ClN5O. The average molecular weight is 404 g/mol. The van der Waals surface area contributed by atoms with E-state index >= 15 is 0 Å². The summed E-state index contributed by atoms with van der Waals surface area (Å²) < 4.78 is 0. The molecule has 0 atom stereocenters. The van der Waals surface area contributed by atoms with Crippen molar-refractivity contribution in [1.29, 1.82) is 5.26 Å². The standard InChI is InChI=1S/C22H18ClN5O/c1-10-5-6-17(29)11(2)18(10)16-9-26-22-19(14(16)7-24)20(23)21(28-22)15-8-25-13(4)27-12(15)3/h5-6,8-9,29H,1-4H3,(H,26,28). The third-order valence-corrected chi connectivity index (χ3v) is 5.53. The fourth-order valence-electron chi connectivity index (χ4n) is 3.69. The van der Waals surface area contributed by atoms with Gasteiger partial charge in [0.1, 0.15) is 23.3 Å². The number of phenols is 1. The van der Waals surface area contributed by atoms with Gasteiger partial charge in [0.05, 0.1) is 27.4 Å². The number of pyridine rings is 1. The fourth-order valence-corrected chi connectivity index (χ4v) is 4.02. The van der Waals surface area contributed by atoms with E-state index < -0.39 is 0 Å². The zero-order chi connectivity index (χ0) is 20.9. The molecule has 0 aliphatic carbocycles. The largest absolute Gasteiger partial charge is 0.508 e. The van der Waals surface area contributed by atoms with Gasteiger partial charge < -0.3 is 10.1 Å². The van der Waals surface area contributed by atoms with E-state index in [1.54, 1.807) is 18.5 Å². The van der Waals surface area contributed by atoms with Crippen molar-refractivity contribution in [1.82, 2.24) is 19.9 Å². The normalized spacial score (nSPS) is 11.0. The smallest absolute Gasteiger partial charge is 0.140 e. The molecule has 3 aromatic heterocycles. The summed E-state index contributed by atoms with van der Waals surface area (Å²) in [4.78, 5) is 16.4. The number of phenolic OH excluding ortho intramolecular Hbond substituents is 1. The zero-order valence-corrected chi connectivity index (χ0v) is 17.2. The number of fused-ring (bicyclic) bond motifs is 1. The highest BCUT2D eigenvalue weighted by atomic mass is 35.5. The molecule has 4 rings (SSSR count). The topological polar surface area (TPSA) is 98.5 Å². The second-order valence-electron chi connectivity index (χ2n) is 7.01. The van der Waals surface area contributed by atoms with Gasteiger partial charge in [-0.2, -0.15) is 5.26 Å². The van der Waals surface area contributed by atoms with Crippen LogP contribution in [-0.4, -0.2) is 25.0 Å². The minimum Gasteiger partial charge on any atom is -0.508 e. The molecule has 4 aromatic rings. The Hall–Kier alpha value is -3.43. The summed E-state index contributed by atoms with van der Waals surface area (Å²) in [7, 11) is 0. The third-order valence-electron chi connectivity index (χ3n) is 5.16. The van der Waals surface area contributed by atoms with Gasteiger partial charge in [0, 0.05) is 23.5 Å². The summed E-state index contributed by atoms with van der Waals surface area (Å²) in [5.74, 6) is 0.842. The second kappa shape index (κ2) is 6.87. The van der Waals surface area contributed by atoms with Crippen LogP contribution >= 0.6 is 11.6 Å². The molecule has 0 saturated carbocycles. The Bertz CT molecular complexity index is 1330. The van der Waals surface area contributed by atoms with Gasteiger partial charge in [0.25, 0.3) is 0 Å². The first-order valence-electron chi connectivity index (χ1n) is 9.04. The number of aromatic nitrogens is 4. The van der Waals surface area contributed by atoms with Crippen molar-refractivity contribution < 1.29 is 5.11 Å². The predicted octanol–water partition coefficient (Wildman–Crippen LogP) is 5.15. The van der Waals surface area contributed by atoms with Crippen molar-refractivity contribution in [3.05, 3.63) is 57.8 Å². The molecule has 144 valence electrons. The van der Waals surface area contributed by atoms with Crippen molar-refractivity contribution >= 4 is 22.6 Å². The van der Waals surface area contributed by atoms with Crippen LogP contribution in [0.3, 0.4) is 0 Å². The van der Waals surface area contributed by atoms with E-state index in [0.717, 1.165) is 22.4 Å². The Morgan fingerprint density at radius 1 is 1.07 bits per heavy atom. The van der Waals surface area contributed by atoms with Gasteiger partial charge in [-0.1, -0.05) is 17.7 Å². The predicted molar refractivity (Wildman–Crippen MR) is 113 cm³/mol. The number of aryl methyl sites for hydroxylation is 3. The summed E-state index contributed by atoms with van der Waals surface area (Å²) in [6.07, 6.45) is 3.36. The minimum atomic E-state index is 0.169. The zero-order valence-electron chi connectivity index (χ0n) is 16.4. The van der Waals surface area contributed by atoms with Crippen LogP contribution in [0.15, 0.2) is 24.5 Å². The van der Waals surface area contributed by atoms with Crippen molar-refractivity contribution in [3.8, 4) is 34.2 Å². The van der Waals surface area contributed by atoms with Gasteiger partial charge in [-0.25, -0.2) is 15.0 Å². The van der Waals surface area contributed by atoms with Crippen LogP contribution in [0.2, 0.25) is 5.02 Å². The quantitative estimate of drug-likeness (QED) is 0.482. The lowest BCUT2D eigenvalue weighted by atomic mass is 9.92. The van der Waals surface area contributed by atoms with Gasteiger partial charge in [-0.3, -0.25) is 0 Å². The first kappa shape index (κ1) is 18.9.